The van der Waals surface area contributed by atoms with E-state index in [1.165, 1.54) is 0 Å². The van der Waals surface area contributed by atoms with E-state index in [-0.39, 0.29) is 0 Å². The standard InChI is InChI=1S/C12H16BrCl2NO/c1-8(2)7-17-4-3-16-12-10(14)5-9(13)6-11(12)15/h5-6,8,16H,3-4,7H2,1-2H3. The second-order valence-electron chi connectivity index (χ2n) is 4.14. The molecule has 1 N–H and O–H groups in total. The normalized spacial score (nSPS) is 10.9. The monoisotopic (exact) mass is 339 g/mol. The molecular formula is C12H16BrCl2NO. The van der Waals surface area contributed by atoms with Crippen LogP contribution in [0.3, 0.4) is 0 Å². The van der Waals surface area contributed by atoms with Crippen LogP contribution in [0.15, 0.2) is 16.6 Å². The van der Waals surface area contributed by atoms with E-state index in [1.54, 1.807) is 0 Å². The molecule has 2 nitrogen and oxygen atoms in total. The van der Waals surface area contributed by atoms with Crippen molar-refractivity contribution >= 4 is 44.8 Å². The summed E-state index contributed by atoms with van der Waals surface area (Å²) in [5.41, 5.74) is 0.754. The summed E-state index contributed by atoms with van der Waals surface area (Å²) in [5.74, 6) is 0.551. The van der Waals surface area contributed by atoms with Gasteiger partial charge in [-0.15, -0.1) is 0 Å². The molecule has 96 valence electrons. The van der Waals surface area contributed by atoms with Gasteiger partial charge in [0.1, 0.15) is 0 Å². The molecule has 1 aromatic rings. The number of rotatable bonds is 6. The third-order valence-corrected chi connectivity index (χ3v) is 3.06. The minimum absolute atomic E-state index is 0.551. The van der Waals surface area contributed by atoms with Crippen molar-refractivity contribution in [3.05, 3.63) is 26.7 Å². The van der Waals surface area contributed by atoms with E-state index in [9.17, 15) is 0 Å². The smallest absolute Gasteiger partial charge is 0.0720 e. The maximum absolute atomic E-state index is 6.08. The van der Waals surface area contributed by atoms with Gasteiger partial charge in [0.15, 0.2) is 0 Å². The maximum Gasteiger partial charge on any atom is 0.0720 e. The van der Waals surface area contributed by atoms with E-state index in [2.05, 4.69) is 35.1 Å². The Bertz CT molecular complexity index is 349. The highest BCUT2D eigenvalue weighted by Gasteiger charge is 2.06. The Morgan fingerprint density at radius 1 is 1.29 bits per heavy atom. The minimum atomic E-state index is 0.551. The first-order chi connectivity index (χ1) is 8.00. The van der Waals surface area contributed by atoms with Gasteiger partial charge in [-0.05, 0) is 18.1 Å². The van der Waals surface area contributed by atoms with Crippen molar-refractivity contribution in [2.24, 2.45) is 5.92 Å². The summed E-state index contributed by atoms with van der Waals surface area (Å²) >= 11 is 15.5. The van der Waals surface area contributed by atoms with Crippen LogP contribution in [0.25, 0.3) is 0 Å². The van der Waals surface area contributed by atoms with Crippen LogP contribution >= 0.6 is 39.1 Å². The van der Waals surface area contributed by atoms with Crippen LogP contribution in [0, 0.1) is 5.92 Å². The van der Waals surface area contributed by atoms with Gasteiger partial charge in [-0.3, -0.25) is 0 Å². The molecule has 0 spiro atoms. The summed E-state index contributed by atoms with van der Waals surface area (Å²) < 4.78 is 6.33. The SMILES string of the molecule is CC(C)COCCNc1c(Cl)cc(Br)cc1Cl. The molecule has 0 saturated carbocycles. The van der Waals surface area contributed by atoms with Gasteiger partial charge in [0.2, 0.25) is 0 Å². The van der Waals surface area contributed by atoms with Gasteiger partial charge in [-0.1, -0.05) is 53.0 Å². The van der Waals surface area contributed by atoms with E-state index < -0.39 is 0 Å². The van der Waals surface area contributed by atoms with Crippen LogP contribution in [0.2, 0.25) is 10.0 Å². The third kappa shape index (κ3) is 5.47. The van der Waals surface area contributed by atoms with Crippen molar-refractivity contribution in [1.82, 2.24) is 0 Å². The Labute approximate surface area is 121 Å². The first kappa shape index (κ1) is 15.1. The fourth-order valence-corrected chi connectivity index (χ4v) is 2.62. The van der Waals surface area contributed by atoms with Gasteiger partial charge in [-0.25, -0.2) is 0 Å². The average molecular weight is 341 g/mol. The summed E-state index contributed by atoms with van der Waals surface area (Å²) in [4.78, 5) is 0. The molecule has 0 aromatic heterocycles. The van der Waals surface area contributed by atoms with E-state index in [4.69, 9.17) is 27.9 Å². The molecule has 0 saturated heterocycles. The Morgan fingerprint density at radius 3 is 2.41 bits per heavy atom. The minimum Gasteiger partial charge on any atom is -0.380 e. The number of halogens is 3. The van der Waals surface area contributed by atoms with Crippen LogP contribution in [0.5, 0.6) is 0 Å². The lowest BCUT2D eigenvalue weighted by atomic mass is 10.2. The van der Waals surface area contributed by atoms with Crippen LogP contribution in [0.4, 0.5) is 5.69 Å². The number of hydrogen-bond acceptors (Lipinski definition) is 2. The van der Waals surface area contributed by atoms with E-state index in [0.717, 1.165) is 16.8 Å². The van der Waals surface area contributed by atoms with E-state index in [0.29, 0.717) is 29.1 Å². The highest BCUT2D eigenvalue weighted by atomic mass is 79.9. The van der Waals surface area contributed by atoms with Crippen LogP contribution in [-0.2, 0) is 4.74 Å². The Morgan fingerprint density at radius 2 is 1.88 bits per heavy atom. The Balaban J connectivity index is 2.42. The van der Waals surface area contributed by atoms with Gasteiger partial charge >= 0.3 is 0 Å². The van der Waals surface area contributed by atoms with Crippen molar-refractivity contribution in [3.8, 4) is 0 Å². The van der Waals surface area contributed by atoms with Gasteiger partial charge < -0.3 is 10.1 Å². The molecule has 17 heavy (non-hydrogen) atoms. The second kappa shape index (κ2) is 7.47. The van der Waals surface area contributed by atoms with Crippen molar-refractivity contribution in [2.45, 2.75) is 13.8 Å². The molecule has 5 heteroatoms. The van der Waals surface area contributed by atoms with Crippen molar-refractivity contribution in [3.63, 3.8) is 0 Å². The molecule has 0 bridgehead atoms. The fraction of sp³-hybridized carbons (Fsp3) is 0.500. The topological polar surface area (TPSA) is 21.3 Å². The number of ether oxygens (including phenoxy) is 1. The predicted octanol–water partition coefficient (Wildman–Crippen LogP) is 4.84. The highest BCUT2D eigenvalue weighted by molar-refractivity contribution is 9.10. The van der Waals surface area contributed by atoms with Gasteiger partial charge in [0, 0.05) is 17.6 Å². The molecule has 0 aliphatic heterocycles. The molecule has 1 aromatic carbocycles. The number of hydrogen-bond donors (Lipinski definition) is 1. The second-order valence-corrected chi connectivity index (χ2v) is 5.87. The van der Waals surface area contributed by atoms with E-state index >= 15 is 0 Å². The Kier molecular flexibility index (Phi) is 6.63. The molecule has 0 aliphatic rings. The molecule has 1 rings (SSSR count). The zero-order chi connectivity index (χ0) is 12.8. The quantitative estimate of drug-likeness (QED) is 0.748. The Hall–Kier alpha value is 0.0400. The van der Waals surface area contributed by atoms with Gasteiger partial charge in [-0.2, -0.15) is 0 Å². The van der Waals surface area contributed by atoms with Crippen molar-refractivity contribution in [2.75, 3.05) is 25.1 Å². The summed E-state index contributed by atoms with van der Waals surface area (Å²) in [6.07, 6.45) is 0. The zero-order valence-electron chi connectivity index (χ0n) is 9.90. The third-order valence-electron chi connectivity index (χ3n) is 2.01. The van der Waals surface area contributed by atoms with Crippen LogP contribution in [0.1, 0.15) is 13.8 Å². The lowest BCUT2D eigenvalue weighted by Gasteiger charge is -2.12. The van der Waals surface area contributed by atoms with Gasteiger partial charge in [0.05, 0.1) is 22.3 Å². The summed E-state index contributed by atoms with van der Waals surface area (Å²) in [7, 11) is 0. The first-order valence-electron chi connectivity index (χ1n) is 5.47. The van der Waals surface area contributed by atoms with Crippen molar-refractivity contribution in [1.29, 1.82) is 0 Å². The first-order valence-corrected chi connectivity index (χ1v) is 7.01. The molecule has 0 fully saturated rings. The summed E-state index contributed by atoms with van der Waals surface area (Å²) in [6.45, 7) is 6.34. The molecule has 0 atom stereocenters. The molecule has 0 unspecified atom stereocenters. The van der Waals surface area contributed by atoms with Crippen molar-refractivity contribution < 1.29 is 4.74 Å². The van der Waals surface area contributed by atoms with Crippen LogP contribution in [-0.4, -0.2) is 19.8 Å². The molecule has 0 amide bonds. The average Bonchev–Trinajstić information content (AvgIpc) is 2.20. The van der Waals surface area contributed by atoms with E-state index in [1.807, 2.05) is 12.1 Å². The lowest BCUT2D eigenvalue weighted by molar-refractivity contribution is 0.118. The largest absolute Gasteiger partial charge is 0.380 e. The molecule has 0 radical (unpaired) electrons. The number of nitrogens with one attached hydrogen (secondary N) is 1. The number of benzene rings is 1. The highest BCUT2D eigenvalue weighted by Crippen LogP contribution is 2.33. The predicted molar refractivity (Wildman–Crippen MR) is 78.3 cm³/mol. The summed E-state index contributed by atoms with van der Waals surface area (Å²) in [6, 6.07) is 3.62. The lowest BCUT2D eigenvalue weighted by Crippen LogP contribution is -2.12. The van der Waals surface area contributed by atoms with Gasteiger partial charge in [0.25, 0.3) is 0 Å². The molecular weight excluding hydrogens is 325 g/mol. The summed E-state index contributed by atoms with van der Waals surface area (Å²) in [5, 5.41) is 4.38. The zero-order valence-corrected chi connectivity index (χ0v) is 13.0. The molecule has 0 aliphatic carbocycles. The number of anilines is 1. The van der Waals surface area contributed by atoms with Crippen LogP contribution < -0.4 is 5.32 Å². The maximum atomic E-state index is 6.08. The molecule has 0 heterocycles. The fourth-order valence-electron chi connectivity index (χ4n) is 1.28.